The van der Waals surface area contributed by atoms with Crippen LogP contribution in [0.25, 0.3) is 0 Å². The average Bonchev–Trinajstić information content (AvgIpc) is 2.89. The topological polar surface area (TPSA) is 70.5 Å². The lowest BCUT2D eigenvalue weighted by Gasteiger charge is -2.11. The fraction of sp³-hybridized carbons (Fsp3) is 0.286. The molecule has 1 aromatic carbocycles. The first-order valence-electron chi connectivity index (χ1n) is 6.43. The Morgan fingerprint density at radius 1 is 1.33 bits per heavy atom. The van der Waals surface area contributed by atoms with Crippen LogP contribution < -0.4 is 5.43 Å². The van der Waals surface area contributed by atoms with E-state index in [1.165, 1.54) is 11.5 Å². The molecule has 0 amide bonds. The summed E-state index contributed by atoms with van der Waals surface area (Å²) in [5, 5.41) is 4.78. The van der Waals surface area contributed by atoms with Crippen LogP contribution in [0, 0.1) is 6.92 Å². The number of carbonyl (C=O) groups is 1. The highest BCUT2D eigenvalue weighted by Crippen LogP contribution is 2.10. The number of hydrogen-bond donors (Lipinski definition) is 1. The Balaban J connectivity index is 2.19. The zero-order valence-corrected chi connectivity index (χ0v) is 13.0. The minimum atomic E-state index is -0.0990. The molecule has 0 atom stereocenters. The summed E-state index contributed by atoms with van der Waals surface area (Å²) >= 11 is 1.21. The quantitative estimate of drug-likeness (QED) is 0.502. The monoisotopic (exact) mass is 303 g/mol. The zero-order chi connectivity index (χ0) is 15.2. The number of nitrogens with zero attached hydrogens (tertiary/aromatic N) is 4. The van der Waals surface area contributed by atoms with Gasteiger partial charge in [-0.3, -0.25) is 10.2 Å². The Hall–Kier alpha value is -2.12. The van der Waals surface area contributed by atoms with Crippen LogP contribution >= 0.6 is 11.5 Å². The minimum absolute atomic E-state index is 0.0990. The van der Waals surface area contributed by atoms with E-state index in [0.29, 0.717) is 28.8 Å². The van der Waals surface area contributed by atoms with Gasteiger partial charge in [0.1, 0.15) is 11.5 Å². The predicted octanol–water partition coefficient (Wildman–Crippen LogP) is 2.06. The highest BCUT2D eigenvalue weighted by molar-refractivity contribution is 7.09. The maximum atomic E-state index is 12.5. The largest absolute Gasteiger partial charge is 0.303 e. The zero-order valence-electron chi connectivity index (χ0n) is 12.2. The summed E-state index contributed by atoms with van der Waals surface area (Å²) in [7, 11) is 3.78. The predicted molar refractivity (Wildman–Crippen MR) is 85.0 cm³/mol. The summed E-state index contributed by atoms with van der Waals surface area (Å²) in [5.41, 5.74) is 3.86. The van der Waals surface area contributed by atoms with Crippen LogP contribution in [0.2, 0.25) is 0 Å². The van der Waals surface area contributed by atoms with Gasteiger partial charge in [0.05, 0.1) is 0 Å². The lowest BCUT2D eigenvalue weighted by atomic mass is 10.1. The van der Waals surface area contributed by atoms with Gasteiger partial charge >= 0.3 is 0 Å². The molecule has 1 heterocycles. The molecule has 0 fully saturated rings. The second-order valence-corrected chi connectivity index (χ2v) is 5.50. The van der Waals surface area contributed by atoms with E-state index in [4.69, 9.17) is 0 Å². The van der Waals surface area contributed by atoms with Crippen LogP contribution in [0.3, 0.4) is 0 Å². The molecular weight excluding hydrogens is 286 g/mol. The first-order chi connectivity index (χ1) is 10.1. The molecule has 1 N–H and O–H groups in total. The van der Waals surface area contributed by atoms with E-state index < -0.39 is 0 Å². The molecule has 0 bridgehead atoms. The number of rotatable bonds is 6. The van der Waals surface area contributed by atoms with Crippen molar-refractivity contribution in [3.05, 3.63) is 41.7 Å². The van der Waals surface area contributed by atoms with E-state index >= 15 is 0 Å². The van der Waals surface area contributed by atoms with Crippen LogP contribution in [0.1, 0.15) is 16.2 Å². The van der Waals surface area contributed by atoms with E-state index in [-0.39, 0.29) is 5.78 Å². The van der Waals surface area contributed by atoms with Gasteiger partial charge in [0, 0.05) is 23.6 Å². The van der Waals surface area contributed by atoms with Gasteiger partial charge in [0.25, 0.3) is 0 Å². The van der Waals surface area contributed by atoms with Gasteiger partial charge in [0.2, 0.25) is 10.9 Å². The number of ketones is 1. The summed E-state index contributed by atoms with van der Waals surface area (Å²) in [6.45, 7) is 2.25. The molecule has 1 aromatic heterocycles. The number of anilines is 1. The van der Waals surface area contributed by atoms with E-state index in [2.05, 4.69) is 19.9 Å². The summed E-state index contributed by atoms with van der Waals surface area (Å²) < 4.78 is 4.06. The number of Topliss-reactive ketones (excluding diaryl/α,β-unsaturated/α-hetero) is 1. The van der Waals surface area contributed by atoms with E-state index in [1.807, 2.05) is 37.2 Å². The molecule has 0 spiro atoms. The number of aryl methyl sites for hydroxylation is 1. The van der Waals surface area contributed by atoms with Crippen LogP contribution in [-0.4, -0.2) is 46.4 Å². The molecule has 2 aromatic rings. The van der Waals surface area contributed by atoms with Crippen molar-refractivity contribution in [2.45, 2.75) is 6.92 Å². The summed E-state index contributed by atoms with van der Waals surface area (Å²) in [5.74, 6) is 0.583. The van der Waals surface area contributed by atoms with Gasteiger partial charge in [-0.05, 0) is 21.0 Å². The third kappa shape index (κ3) is 4.44. The Labute approximate surface area is 127 Å². The van der Waals surface area contributed by atoms with Crippen molar-refractivity contribution < 1.29 is 4.79 Å². The van der Waals surface area contributed by atoms with Crippen LogP contribution in [0.5, 0.6) is 0 Å². The number of hydrazone groups is 1. The van der Waals surface area contributed by atoms with Crippen molar-refractivity contribution in [2.24, 2.45) is 5.10 Å². The average molecular weight is 303 g/mol. The molecule has 0 saturated carbocycles. The van der Waals surface area contributed by atoms with Gasteiger partial charge in [-0.15, -0.1) is 0 Å². The molecule has 0 saturated heterocycles. The number of hydrogen-bond acceptors (Lipinski definition) is 7. The second-order valence-electron chi connectivity index (χ2n) is 4.75. The van der Waals surface area contributed by atoms with Crippen molar-refractivity contribution in [1.82, 2.24) is 14.3 Å². The Bertz CT molecular complexity index is 636. The van der Waals surface area contributed by atoms with Gasteiger partial charge in [0.15, 0.2) is 0 Å². The van der Waals surface area contributed by atoms with E-state index in [0.717, 1.165) is 0 Å². The Morgan fingerprint density at radius 2 is 2.05 bits per heavy atom. The van der Waals surface area contributed by atoms with Crippen molar-refractivity contribution >= 4 is 28.2 Å². The van der Waals surface area contributed by atoms with Gasteiger partial charge < -0.3 is 4.90 Å². The number of carbonyl (C=O) groups excluding carboxylic acids is 1. The van der Waals surface area contributed by atoms with Crippen molar-refractivity contribution in [2.75, 3.05) is 26.1 Å². The van der Waals surface area contributed by atoms with E-state index in [9.17, 15) is 4.79 Å². The Morgan fingerprint density at radius 3 is 2.62 bits per heavy atom. The standard InChI is InChI=1S/C14H17N5OS/c1-10-15-14(21-18-10)17-16-12(9-19(2)3)13(20)11-7-5-4-6-8-11/h4-8H,9H2,1-3H3,(H,15,17,18)/b16-12-. The maximum absolute atomic E-state index is 12.5. The van der Waals surface area contributed by atoms with Crippen LogP contribution in [0.4, 0.5) is 5.13 Å². The fourth-order valence-corrected chi connectivity index (χ4v) is 2.19. The smallest absolute Gasteiger partial charge is 0.223 e. The van der Waals surface area contributed by atoms with Crippen molar-refractivity contribution in [3.8, 4) is 0 Å². The van der Waals surface area contributed by atoms with Gasteiger partial charge in [-0.1, -0.05) is 30.3 Å². The van der Waals surface area contributed by atoms with E-state index in [1.54, 1.807) is 19.1 Å². The number of aromatic nitrogens is 2. The lowest BCUT2D eigenvalue weighted by Crippen LogP contribution is -2.29. The summed E-state index contributed by atoms with van der Waals surface area (Å²) in [6.07, 6.45) is 0. The molecule has 2 rings (SSSR count). The first-order valence-corrected chi connectivity index (χ1v) is 7.21. The molecule has 0 aliphatic carbocycles. The maximum Gasteiger partial charge on any atom is 0.223 e. The molecule has 0 aliphatic heterocycles. The number of nitrogens with one attached hydrogen (secondary N) is 1. The summed E-state index contributed by atoms with van der Waals surface area (Å²) in [6, 6.07) is 9.11. The van der Waals surface area contributed by atoms with Gasteiger partial charge in [-0.25, -0.2) is 4.98 Å². The highest BCUT2D eigenvalue weighted by atomic mass is 32.1. The lowest BCUT2D eigenvalue weighted by molar-refractivity contribution is 0.106. The molecular formula is C14H17N5OS. The fourth-order valence-electron chi connectivity index (χ4n) is 1.67. The second kappa shape index (κ2) is 7.05. The SMILES string of the molecule is Cc1nsc(N/N=C(/CN(C)C)C(=O)c2ccccc2)n1. The van der Waals surface area contributed by atoms with Crippen molar-refractivity contribution in [3.63, 3.8) is 0 Å². The third-order valence-corrected chi connectivity index (χ3v) is 3.29. The molecule has 0 aliphatic rings. The number of benzene rings is 1. The Kier molecular flexibility index (Phi) is 5.13. The normalized spacial score (nSPS) is 11.7. The third-order valence-electron chi connectivity index (χ3n) is 2.58. The molecule has 7 heteroatoms. The minimum Gasteiger partial charge on any atom is -0.303 e. The van der Waals surface area contributed by atoms with Crippen LogP contribution in [0.15, 0.2) is 35.4 Å². The van der Waals surface area contributed by atoms with Gasteiger partial charge in [-0.2, -0.15) is 9.47 Å². The molecule has 110 valence electrons. The summed E-state index contributed by atoms with van der Waals surface area (Å²) in [4.78, 5) is 18.5. The highest BCUT2D eigenvalue weighted by Gasteiger charge is 2.15. The molecule has 0 unspecified atom stereocenters. The van der Waals surface area contributed by atoms with Crippen LogP contribution in [-0.2, 0) is 0 Å². The first kappa shape index (κ1) is 15.3. The molecule has 21 heavy (non-hydrogen) atoms. The molecule has 0 radical (unpaired) electrons. The molecule has 6 nitrogen and oxygen atoms in total. The van der Waals surface area contributed by atoms with Crippen molar-refractivity contribution in [1.29, 1.82) is 0 Å².